The Labute approximate surface area is 124 Å². The molecule has 0 heterocycles. The number of hydrogen-bond acceptors (Lipinski definition) is 3. The number of phenols is 1. The third-order valence-corrected chi connectivity index (χ3v) is 2.96. The molecule has 0 atom stereocenters. The van der Waals surface area contributed by atoms with Gasteiger partial charge in [-0.05, 0) is 42.0 Å². The summed E-state index contributed by atoms with van der Waals surface area (Å²) >= 11 is 0. The van der Waals surface area contributed by atoms with E-state index in [2.05, 4.69) is 17.2 Å². The van der Waals surface area contributed by atoms with Gasteiger partial charge in [0.1, 0.15) is 5.75 Å². The summed E-state index contributed by atoms with van der Waals surface area (Å²) in [5.74, 6) is 0.137. The van der Waals surface area contributed by atoms with E-state index in [0.29, 0.717) is 18.7 Å². The van der Waals surface area contributed by atoms with Gasteiger partial charge in [0.2, 0.25) is 0 Å². The van der Waals surface area contributed by atoms with Crippen molar-refractivity contribution < 1.29 is 9.90 Å². The molecule has 0 saturated carbocycles. The molecule has 4 heteroatoms. The number of aromatic hydroxyl groups is 1. The van der Waals surface area contributed by atoms with Gasteiger partial charge in [0.25, 0.3) is 5.91 Å². The van der Waals surface area contributed by atoms with Gasteiger partial charge < -0.3 is 15.7 Å². The summed E-state index contributed by atoms with van der Waals surface area (Å²) in [5, 5.41) is 15.4. The highest BCUT2D eigenvalue weighted by atomic mass is 16.3. The predicted molar refractivity (Wildman–Crippen MR) is 84.4 cm³/mol. The van der Waals surface area contributed by atoms with Crippen LogP contribution in [0.25, 0.3) is 0 Å². The molecular weight excluding hydrogens is 264 g/mol. The van der Waals surface area contributed by atoms with Crippen LogP contribution in [0.5, 0.6) is 5.75 Å². The van der Waals surface area contributed by atoms with E-state index in [0.717, 1.165) is 11.3 Å². The number of anilines is 1. The van der Waals surface area contributed by atoms with Crippen molar-refractivity contribution in [2.45, 2.75) is 6.54 Å². The van der Waals surface area contributed by atoms with E-state index in [-0.39, 0.29) is 11.7 Å². The van der Waals surface area contributed by atoms with Crippen molar-refractivity contribution in [2.75, 3.05) is 11.9 Å². The minimum Gasteiger partial charge on any atom is -0.508 e. The Balaban J connectivity index is 1.93. The molecule has 3 N–H and O–H groups in total. The summed E-state index contributed by atoms with van der Waals surface area (Å²) in [5.41, 5.74) is 2.51. The molecule has 0 saturated heterocycles. The van der Waals surface area contributed by atoms with Crippen molar-refractivity contribution >= 4 is 11.6 Å². The van der Waals surface area contributed by atoms with E-state index < -0.39 is 0 Å². The van der Waals surface area contributed by atoms with Crippen molar-refractivity contribution in [3.8, 4) is 5.75 Å². The minimum atomic E-state index is -0.116. The van der Waals surface area contributed by atoms with Crippen LogP contribution >= 0.6 is 0 Å². The van der Waals surface area contributed by atoms with Crippen molar-refractivity contribution in [2.24, 2.45) is 0 Å². The minimum absolute atomic E-state index is 0.116. The van der Waals surface area contributed by atoms with Crippen molar-refractivity contribution in [3.05, 3.63) is 72.3 Å². The molecule has 0 radical (unpaired) electrons. The molecule has 0 aliphatic carbocycles. The molecule has 108 valence electrons. The number of hydrogen-bond donors (Lipinski definition) is 3. The molecule has 0 aliphatic heterocycles. The molecule has 0 fully saturated rings. The van der Waals surface area contributed by atoms with Gasteiger partial charge in [-0.25, -0.2) is 0 Å². The van der Waals surface area contributed by atoms with Crippen molar-refractivity contribution in [1.29, 1.82) is 0 Å². The monoisotopic (exact) mass is 282 g/mol. The first kappa shape index (κ1) is 14.7. The first-order chi connectivity index (χ1) is 10.2. The van der Waals surface area contributed by atoms with Gasteiger partial charge in [-0.2, -0.15) is 0 Å². The van der Waals surface area contributed by atoms with E-state index in [4.69, 9.17) is 0 Å². The van der Waals surface area contributed by atoms with Crippen LogP contribution in [0, 0.1) is 0 Å². The first-order valence-electron chi connectivity index (χ1n) is 6.70. The third-order valence-electron chi connectivity index (χ3n) is 2.96. The third kappa shape index (κ3) is 4.38. The number of carbonyl (C=O) groups excluding carboxylic acids is 1. The fourth-order valence-corrected chi connectivity index (χ4v) is 1.88. The molecule has 4 nitrogen and oxygen atoms in total. The fraction of sp³-hybridized carbons (Fsp3) is 0.118. The largest absolute Gasteiger partial charge is 0.508 e. The molecule has 0 bridgehead atoms. The van der Waals surface area contributed by atoms with Gasteiger partial charge in [-0.3, -0.25) is 4.79 Å². The Morgan fingerprint density at radius 2 is 1.95 bits per heavy atom. The van der Waals surface area contributed by atoms with Crippen LogP contribution in [0.2, 0.25) is 0 Å². The highest BCUT2D eigenvalue weighted by Crippen LogP contribution is 2.14. The normalized spacial score (nSPS) is 9.90. The van der Waals surface area contributed by atoms with E-state index in [1.807, 2.05) is 18.2 Å². The summed E-state index contributed by atoms with van der Waals surface area (Å²) in [6.07, 6.45) is 1.64. The average Bonchev–Trinajstić information content (AvgIpc) is 2.51. The maximum Gasteiger partial charge on any atom is 0.251 e. The Hall–Kier alpha value is -2.75. The summed E-state index contributed by atoms with van der Waals surface area (Å²) < 4.78 is 0. The van der Waals surface area contributed by atoms with Crippen LogP contribution in [-0.4, -0.2) is 17.6 Å². The number of nitrogens with one attached hydrogen (secondary N) is 2. The standard InChI is InChI=1S/C17H18N2O2/c1-2-10-18-17(21)14-6-8-15(9-7-14)19-12-13-4-3-5-16(20)11-13/h2-9,11,19-20H,1,10,12H2,(H,18,21). The highest BCUT2D eigenvalue weighted by molar-refractivity contribution is 5.94. The number of rotatable bonds is 6. The maximum atomic E-state index is 11.7. The Morgan fingerprint density at radius 3 is 2.62 bits per heavy atom. The summed E-state index contributed by atoms with van der Waals surface area (Å²) in [6.45, 7) is 4.62. The van der Waals surface area contributed by atoms with Crippen molar-refractivity contribution in [3.63, 3.8) is 0 Å². The molecule has 21 heavy (non-hydrogen) atoms. The molecule has 0 spiro atoms. The molecule has 2 rings (SSSR count). The van der Waals surface area contributed by atoms with E-state index in [1.165, 1.54) is 0 Å². The zero-order valence-electron chi connectivity index (χ0n) is 11.7. The van der Waals surface area contributed by atoms with E-state index in [9.17, 15) is 9.90 Å². The van der Waals surface area contributed by atoms with E-state index >= 15 is 0 Å². The van der Waals surface area contributed by atoms with Gasteiger partial charge in [-0.15, -0.1) is 6.58 Å². The molecule has 0 unspecified atom stereocenters. The second-order valence-corrected chi connectivity index (χ2v) is 4.60. The van der Waals surface area contributed by atoms with Gasteiger partial charge in [0, 0.05) is 24.3 Å². The van der Waals surface area contributed by atoms with Crippen LogP contribution < -0.4 is 10.6 Å². The molecular formula is C17H18N2O2. The lowest BCUT2D eigenvalue weighted by Gasteiger charge is -2.08. The lowest BCUT2D eigenvalue weighted by molar-refractivity contribution is 0.0958. The number of phenolic OH excluding ortho intramolecular Hbond substituents is 1. The molecule has 2 aromatic rings. The average molecular weight is 282 g/mol. The smallest absolute Gasteiger partial charge is 0.251 e. The van der Waals surface area contributed by atoms with Crippen LogP contribution in [0.15, 0.2) is 61.2 Å². The quantitative estimate of drug-likeness (QED) is 0.714. The Kier molecular flexibility index (Phi) is 4.99. The maximum absolute atomic E-state index is 11.7. The lowest BCUT2D eigenvalue weighted by Crippen LogP contribution is -2.23. The zero-order chi connectivity index (χ0) is 15.1. The second-order valence-electron chi connectivity index (χ2n) is 4.60. The second kappa shape index (κ2) is 7.14. The van der Waals surface area contributed by atoms with Crippen LogP contribution in [0.4, 0.5) is 5.69 Å². The number of amides is 1. The van der Waals surface area contributed by atoms with Gasteiger partial charge in [0.05, 0.1) is 0 Å². The molecule has 2 aromatic carbocycles. The predicted octanol–water partition coefficient (Wildman–Crippen LogP) is 2.92. The van der Waals surface area contributed by atoms with Crippen LogP contribution in [0.3, 0.4) is 0 Å². The summed E-state index contributed by atoms with van der Waals surface area (Å²) in [7, 11) is 0. The van der Waals surface area contributed by atoms with Gasteiger partial charge >= 0.3 is 0 Å². The SMILES string of the molecule is C=CCNC(=O)c1ccc(NCc2cccc(O)c2)cc1. The van der Waals surface area contributed by atoms with Crippen LogP contribution in [0.1, 0.15) is 15.9 Å². The summed E-state index contributed by atoms with van der Waals surface area (Å²) in [6, 6.07) is 14.3. The van der Waals surface area contributed by atoms with Gasteiger partial charge in [-0.1, -0.05) is 18.2 Å². The van der Waals surface area contributed by atoms with Crippen LogP contribution in [-0.2, 0) is 6.54 Å². The van der Waals surface area contributed by atoms with Crippen molar-refractivity contribution in [1.82, 2.24) is 5.32 Å². The molecule has 0 aliphatic rings. The summed E-state index contributed by atoms with van der Waals surface area (Å²) in [4.78, 5) is 11.7. The first-order valence-corrected chi connectivity index (χ1v) is 6.70. The Bertz CT molecular complexity index is 621. The van der Waals surface area contributed by atoms with Gasteiger partial charge in [0.15, 0.2) is 0 Å². The zero-order valence-corrected chi connectivity index (χ0v) is 11.7. The molecule has 1 amide bonds. The van der Waals surface area contributed by atoms with E-state index in [1.54, 1.807) is 36.4 Å². The highest BCUT2D eigenvalue weighted by Gasteiger charge is 2.03. The fourth-order valence-electron chi connectivity index (χ4n) is 1.88. The lowest BCUT2D eigenvalue weighted by atomic mass is 10.1. The topological polar surface area (TPSA) is 61.4 Å². The number of carbonyl (C=O) groups is 1. The number of benzene rings is 2. The molecule has 0 aromatic heterocycles. The Morgan fingerprint density at radius 1 is 1.19 bits per heavy atom.